The van der Waals surface area contributed by atoms with Gasteiger partial charge in [-0.3, -0.25) is 9.69 Å². The molecular weight excluding hydrogens is 443 g/mol. The summed E-state index contributed by atoms with van der Waals surface area (Å²) in [7, 11) is 0. The molecule has 1 aliphatic rings. The Kier molecular flexibility index (Phi) is 7.02. The molecule has 1 aromatic carbocycles. The highest BCUT2D eigenvalue weighted by atomic mass is 19.4. The molecule has 3 aromatic rings. The Labute approximate surface area is 196 Å². The molecule has 1 saturated heterocycles. The summed E-state index contributed by atoms with van der Waals surface area (Å²) in [5.74, 6) is -0.214. The Morgan fingerprint density at radius 3 is 2.50 bits per heavy atom. The highest BCUT2D eigenvalue weighted by Crippen LogP contribution is 2.30. The number of aromatic nitrogens is 3. The van der Waals surface area contributed by atoms with Gasteiger partial charge in [-0.2, -0.15) is 18.3 Å². The second-order valence-electron chi connectivity index (χ2n) is 8.90. The summed E-state index contributed by atoms with van der Waals surface area (Å²) in [5.41, 5.74) is 1.92. The third-order valence-corrected chi connectivity index (χ3v) is 5.93. The minimum Gasteiger partial charge on any atom is -0.322 e. The first-order valence-electron chi connectivity index (χ1n) is 11.5. The van der Waals surface area contributed by atoms with E-state index in [-0.39, 0.29) is 17.6 Å². The number of hydrogen-bond donors (Lipinski definition) is 1. The molecule has 3 heterocycles. The van der Waals surface area contributed by atoms with Gasteiger partial charge >= 0.3 is 6.18 Å². The van der Waals surface area contributed by atoms with Crippen LogP contribution >= 0.6 is 0 Å². The number of halogens is 3. The number of nitrogens with one attached hydrogen (secondary N) is 1. The second-order valence-corrected chi connectivity index (χ2v) is 8.90. The van der Waals surface area contributed by atoms with E-state index in [1.807, 2.05) is 32.0 Å². The Bertz CT molecular complexity index is 1130. The normalized spacial score (nSPS) is 15.0. The number of likely N-dealkylation sites (tertiary alicyclic amines) is 1. The molecule has 34 heavy (non-hydrogen) atoms. The van der Waals surface area contributed by atoms with E-state index in [0.29, 0.717) is 16.9 Å². The fraction of sp³-hybridized carbons (Fsp3) is 0.400. The summed E-state index contributed by atoms with van der Waals surface area (Å²) in [4.78, 5) is 19.5. The number of amides is 1. The molecule has 1 amide bonds. The molecule has 1 aliphatic heterocycles. The largest absolute Gasteiger partial charge is 0.417 e. The van der Waals surface area contributed by atoms with Crippen LogP contribution in [0.5, 0.6) is 0 Å². The van der Waals surface area contributed by atoms with Crippen LogP contribution < -0.4 is 5.32 Å². The number of carbonyl (C=O) groups excluding carboxylic acids is 1. The second kappa shape index (κ2) is 9.97. The van der Waals surface area contributed by atoms with Crippen molar-refractivity contribution in [2.24, 2.45) is 0 Å². The van der Waals surface area contributed by atoms with E-state index in [1.54, 1.807) is 0 Å². The lowest BCUT2D eigenvalue weighted by Gasteiger charge is -2.26. The van der Waals surface area contributed by atoms with E-state index in [4.69, 9.17) is 0 Å². The van der Waals surface area contributed by atoms with Crippen molar-refractivity contribution in [3.63, 3.8) is 0 Å². The van der Waals surface area contributed by atoms with Gasteiger partial charge in [0.15, 0.2) is 5.82 Å². The van der Waals surface area contributed by atoms with Gasteiger partial charge in [0, 0.05) is 18.4 Å². The van der Waals surface area contributed by atoms with Crippen molar-refractivity contribution in [1.29, 1.82) is 0 Å². The number of nitrogens with zero attached hydrogens (tertiary/aromatic N) is 4. The molecule has 1 N–H and O–H groups in total. The maximum absolute atomic E-state index is 13.1. The van der Waals surface area contributed by atoms with Crippen LogP contribution in [-0.2, 0) is 12.7 Å². The fourth-order valence-electron chi connectivity index (χ4n) is 4.27. The number of hydrogen-bond acceptors (Lipinski definition) is 4. The molecule has 0 saturated carbocycles. The van der Waals surface area contributed by atoms with Gasteiger partial charge in [-0.25, -0.2) is 9.67 Å². The zero-order chi connectivity index (χ0) is 24.3. The molecular formula is C25H28F3N5O. The lowest BCUT2D eigenvalue weighted by molar-refractivity contribution is -0.137. The van der Waals surface area contributed by atoms with Crippen molar-refractivity contribution in [2.45, 2.75) is 51.7 Å². The first-order valence-corrected chi connectivity index (χ1v) is 11.5. The molecule has 1 fully saturated rings. The predicted octanol–water partition coefficient (Wildman–Crippen LogP) is 5.65. The third-order valence-electron chi connectivity index (χ3n) is 5.93. The Morgan fingerprint density at radius 2 is 1.85 bits per heavy atom. The number of alkyl halides is 3. The minimum atomic E-state index is -4.47. The highest BCUT2D eigenvalue weighted by Gasteiger charge is 2.31. The maximum atomic E-state index is 13.1. The Balaban J connectivity index is 1.54. The number of carbonyl (C=O) groups is 1. The first kappa shape index (κ1) is 23.9. The number of piperidine rings is 1. The molecule has 0 spiro atoms. The summed E-state index contributed by atoms with van der Waals surface area (Å²) < 4.78 is 40.1. The lowest BCUT2D eigenvalue weighted by Crippen LogP contribution is -2.29. The molecule has 0 radical (unpaired) electrons. The summed E-state index contributed by atoms with van der Waals surface area (Å²) >= 11 is 0. The van der Waals surface area contributed by atoms with Gasteiger partial charge in [0.1, 0.15) is 0 Å². The molecule has 0 bridgehead atoms. The lowest BCUT2D eigenvalue weighted by atomic mass is 10.0. The predicted molar refractivity (Wildman–Crippen MR) is 124 cm³/mol. The van der Waals surface area contributed by atoms with Gasteiger partial charge in [0.05, 0.1) is 23.0 Å². The van der Waals surface area contributed by atoms with Crippen LogP contribution in [0.2, 0.25) is 0 Å². The van der Waals surface area contributed by atoms with E-state index in [0.717, 1.165) is 37.5 Å². The summed E-state index contributed by atoms with van der Waals surface area (Å²) in [6.45, 7) is 6.82. The van der Waals surface area contributed by atoms with Crippen LogP contribution in [0.15, 0.2) is 48.8 Å². The van der Waals surface area contributed by atoms with E-state index < -0.39 is 11.7 Å². The minimum absolute atomic E-state index is 0.113. The quantitative estimate of drug-likeness (QED) is 0.505. The number of pyridine rings is 1. The van der Waals surface area contributed by atoms with Crippen molar-refractivity contribution in [1.82, 2.24) is 19.7 Å². The van der Waals surface area contributed by atoms with Gasteiger partial charge < -0.3 is 5.32 Å². The molecule has 0 atom stereocenters. The van der Waals surface area contributed by atoms with Crippen LogP contribution in [0.3, 0.4) is 0 Å². The molecule has 9 heteroatoms. The van der Waals surface area contributed by atoms with Crippen molar-refractivity contribution >= 4 is 11.6 Å². The molecule has 0 unspecified atom stereocenters. The molecule has 2 aromatic heterocycles. The molecule has 6 nitrogen and oxygen atoms in total. The maximum Gasteiger partial charge on any atom is 0.417 e. The Morgan fingerprint density at radius 1 is 1.09 bits per heavy atom. The average molecular weight is 472 g/mol. The van der Waals surface area contributed by atoms with Crippen molar-refractivity contribution in [3.05, 3.63) is 71.2 Å². The number of benzene rings is 1. The summed E-state index contributed by atoms with van der Waals surface area (Å²) in [6.07, 6.45) is 1.44. The van der Waals surface area contributed by atoms with Crippen LogP contribution in [0, 0.1) is 0 Å². The highest BCUT2D eigenvalue weighted by molar-refractivity contribution is 6.05. The average Bonchev–Trinajstić information content (AvgIpc) is 3.25. The smallest absolute Gasteiger partial charge is 0.322 e. The molecule has 4 rings (SSSR count). The van der Waals surface area contributed by atoms with Gasteiger partial charge in [-0.1, -0.05) is 32.4 Å². The number of anilines is 1. The van der Waals surface area contributed by atoms with Crippen LogP contribution in [-0.4, -0.2) is 38.7 Å². The zero-order valence-corrected chi connectivity index (χ0v) is 19.3. The molecule has 0 aliphatic carbocycles. The topological polar surface area (TPSA) is 63.1 Å². The summed E-state index contributed by atoms with van der Waals surface area (Å²) in [5, 5.41) is 7.21. The van der Waals surface area contributed by atoms with Crippen LogP contribution in [0.1, 0.15) is 66.2 Å². The van der Waals surface area contributed by atoms with Gasteiger partial charge in [-0.05, 0) is 61.7 Å². The van der Waals surface area contributed by atoms with Gasteiger partial charge in [0.25, 0.3) is 5.91 Å². The van der Waals surface area contributed by atoms with Crippen LogP contribution in [0.4, 0.5) is 18.9 Å². The monoisotopic (exact) mass is 471 g/mol. The Hall–Kier alpha value is -3.20. The van der Waals surface area contributed by atoms with Gasteiger partial charge in [-0.15, -0.1) is 0 Å². The van der Waals surface area contributed by atoms with Crippen molar-refractivity contribution < 1.29 is 18.0 Å². The summed E-state index contributed by atoms with van der Waals surface area (Å²) in [6, 6.07) is 10.0. The third kappa shape index (κ3) is 5.47. The van der Waals surface area contributed by atoms with E-state index >= 15 is 0 Å². The van der Waals surface area contributed by atoms with Crippen LogP contribution in [0.25, 0.3) is 5.82 Å². The van der Waals surface area contributed by atoms with E-state index in [2.05, 4.69) is 26.4 Å². The fourth-order valence-corrected chi connectivity index (χ4v) is 4.27. The van der Waals surface area contributed by atoms with Crippen molar-refractivity contribution in [2.75, 3.05) is 18.4 Å². The van der Waals surface area contributed by atoms with E-state index in [9.17, 15) is 18.0 Å². The zero-order valence-electron chi connectivity index (χ0n) is 19.3. The standard InChI is InChI=1S/C25H28F3N5O/c1-17(2)23-21(15-30-33(23)22-10-9-19(14-29-22)25(26,27)28)24(34)31-20-8-6-7-18(13-20)16-32-11-4-3-5-12-32/h6-10,13-15,17H,3-5,11-12,16H2,1-2H3,(H,31,34). The van der Waals surface area contributed by atoms with E-state index in [1.165, 1.54) is 36.2 Å². The van der Waals surface area contributed by atoms with Gasteiger partial charge in [0.2, 0.25) is 0 Å². The molecule has 180 valence electrons. The first-order chi connectivity index (χ1) is 16.2. The van der Waals surface area contributed by atoms with Crippen molar-refractivity contribution in [3.8, 4) is 5.82 Å². The SMILES string of the molecule is CC(C)c1c(C(=O)Nc2cccc(CN3CCCCC3)c2)cnn1-c1ccc(C(F)(F)F)cn1. The number of rotatable bonds is 6.